The lowest BCUT2D eigenvalue weighted by Gasteiger charge is -2.39. The van der Waals surface area contributed by atoms with Gasteiger partial charge in [0.05, 0.1) is 12.1 Å². The number of alkyl halides is 3. The van der Waals surface area contributed by atoms with Gasteiger partial charge in [0.25, 0.3) is 0 Å². The van der Waals surface area contributed by atoms with Gasteiger partial charge in [-0.25, -0.2) is 0 Å². The Morgan fingerprint density at radius 3 is 1.97 bits per heavy atom. The molecule has 2 aliphatic heterocycles. The topological polar surface area (TPSA) is 30.0 Å². The number of nitrogens with zero attached hydrogens (tertiary/aromatic N) is 4. The summed E-state index contributed by atoms with van der Waals surface area (Å²) in [7, 11) is 0. The standard InChI is InChI=1S/C23H27F3N4O/c24-23(25,26)19-5-4-8-21(17-19)29-11-9-27(10-12-29)18-22(31)30-15-13-28(14-16-30)20-6-2-1-3-7-20/h1-8,17H,9-16,18H2. The predicted molar refractivity (Wildman–Crippen MR) is 115 cm³/mol. The second kappa shape index (κ2) is 9.18. The molecule has 2 aromatic rings. The number of carbonyl (C=O) groups is 1. The predicted octanol–water partition coefficient (Wildman–Crippen LogP) is 3.18. The van der Waals surface area contributed by atoms with Crippen LogP contribution in [0.1, 0.15) is 5.56 Å². The van der Waals surface area contributed by atoms with Crippen LogP contribution < -0.4 is 9.80 Å². The van der Waals surface area contributed by atoms with Crippen molar-refractivity contribution in [3.05, 3.63) is 60.2 Å². The van der Waals surface area contributed by atoms with Crippen LogP contribution in [0.4, 0.5) is 24.5 Å². The third kappa shape index (κ3) is 5.31. The number of halogens is 3. The van der Waals surface area contributed by atoms with Crippen LogP contribution in [0.5, 0.6) is 0 Å². The first-order valence-corrected chi connectivity index (χ1v) is 10.6. The lowest BCUT2D eigenvalue weighted by molar-refractivity contribution is -0.137. The van der Waals surface area contributed by atoms with Gasteiger partial charge in [-0.05, 0) is 30.3 Å². The third-order valence-electron chi connectivity index (χ3n) is 6.02. The number of para-hydroxylation sites is 1. The van der Waals surface area contributed by atoms with Gasteiger partial charge in [0, 0.05) is 63.7 Å². The Hall–Kier alpha value is -2.74. The van der Waals surface area contributed by atoms with Crippen molar-refractivity contribution in [2.24, 2.45) is 0 Å². The quantitative estimate of drug-likeness (QED) is 0.743. The minimum Gasteiger partial charge on any atom is -0.369 e. The number of benzene rings is 2. The fourth-order valence-electron chi connectivity index (χ4n) is 4.19. The molecule has 0 aliphatic carbocycles. The molecule has 0 saturated carbocycles. The highest BCUT2D eigenvalue weighted by molar-refractivity contribution is 5.78. The van der Waals surface area contributed by atoms with E-state index < -0.39 is 11.7 Å². The van der Waals surface area contributed by atoms with Crippen LogP contribution in [-0.2, 0) is 11.0 Å². The van der Waals surface area contributed by atoms with E-state index in [9.17, 15) is 18.0 Å². The number of piperazine rings is 2. The molecule has 31 heavy (non-hydrogen) atoms. The number of anilines is 2. The molecule has 2 saturated heterocycles. The first-order valence-electron chi connectivity index (χ1n) is 10.6. The first kappa shape index (κ1) is 21.5. The molecule has 4 rings (SSSR count). The molecule has 0 unspecified atom stereocenters. The van der Waals surface area contributed by atoms with Crippen molar-refractivity contribution in [2.45, 2.75) is 6.18 Å². The van der Waals surface area contributed by atoms with E-state index in [4.69, 9.17) is 0 Å². The maximum absolute atomic E-state index is 13.0. The Balaban J connectivity index is 1.24. The summed E-state index contributed by atoms with van der Waals surface area (Å²) in [6.45, 7) is 5.94. The summed E-state index contributed by atoms with van der Waals surface area (Å²) < 4.78 is 38.9. The summed E-state index contributed by atoms with van der Waals surface area (Å²) in [5, 5.41) is 0. The minimum absolute atomic E-state index is 0.125. The molecule has 0 aromatic heterocycles. The molecule has 0 atom stereocenters. The lowest BCUT2D eigenvalue weighted by Crippen LogP contribution is -2.54. The molecule has 1 amide bonds. The fraction of sp³-hybridized carbons (Fsp3) is 0.435. The third-order valence-corrected chi connectivity index (χ3v) is 6.02. The summed E-state index contributed by atoms with van der Waals surface area (Å²) in [6, 6.07) is 15.7. The van der Waals surface area contributed by atoms with E-state index >= 15 is 0 Å². The molecule has 2 heterocycles. The van der Waals surface area contributed by atoms with Crippen LogP contribution in [0.25, 0.3) is 0 Å². The maximum atomic E-state index is 13.0. The van der Waals surface area contributed by atoms with Gasteiger partial charge >= 0.3 is 6.18 Å². The van der Waals surface area contributed by atoms with Gasteiger partial charge in [0.15, 0.2) is 0 Å². The van der Waals surface area contributed by atoms with Gasteiger partial charge in [0.2, 0.25) is 5.91 Å². The molecule has 0 N–H and O–H groups in total. The van der Waals surface area contributed by atoms with E-state index in [-0.39, 0.29) is 5.91 Å². The van der Waals surface area contributed by atoms with Crippen molar-refractivity contribution in [3.8, 4) is 0 Å². The van der Waals surface area contributed by atoms with Gasteiger partial charge in [-0.3, -0.25) is 9.69 Å². The number of carbonyl (C=O) groups excluding carboxylic acids is 1. The number of rotatable bonds is 4. The Morgan fingerprint density at radius 1 is 0.742 bits per heavy atom. The molecule has 2 aliphatic rings. The van der Waals surface area contributed by atoms with E-state index in [2.05, 4.69) is 21.9 Å². The van der Waals surface area contributed by atoms with Crippen molar-refractivity contribution in [1.29, 1.82) is 0 Å². The highest BCUT2D eigenvalue weighted by Crippen LogP contribution is 2.31. The smallest absolute Gasteiger partial charge is 0.369 e. The summed E-state index contributed by atoms with van der Waals surface area (Å²) in [4.78, 5) is 21.0. The molecular formula is C23H27F3N4O. The average Bonchev–Trinajstić information content (AvgIpc) is 2.80. The lowest BCUT2D eigenvalue weighted by atomic mass is 10.1. The largest absolute Gasteiger partial charge is 0.416 e. The maximum Gasteiger partial charge on any atom is 0.416 e. The minimum atomic E-state index is -4.34. The Kier molecular flexibility index (Phi) is 6.36. The molecule has 2 fully saturated rings. The number of hydrogen-bond acceptors (Lipinski definition) is 4. The summed E-state index contributed by atoms with van der Waals surface area (Å²) in [5.74, 6) is 0.125. The molecule has 0 spiro atoms. The number of hydrogen-bond donors (Lipinski definition) is 0. The zero-order valence-electron chi connectivity index (χ0n) is 17.4. The van der Waals surface area contributed by atoms with Crippen molar-refractivity contribution in [1.82, 2.24) is 9.80 Å². The summed E-state index contributed by atoms with van der Waals surface area (Å²) >= 11 is 0. The van der Waals surface area contributed by atoms with E-state index in [0.717, 1.165) is 19.2 Å². The highest BCUT2D eigenvalue weighted by Gasteiger charge is 2.31. The SMILES string of the molecule is O=C(CN1CCN(c2cccc(C(F)(F)F)c2)CC1)N1CCN(c2ccccc2)CC1. The van der Waals surface area contributed by atoms with Gasteiger partial charge in [-0.2, -0.15) is 13.2 Å². The van der Waals surface area contributed by atoms with E-state index in [1.54, 1.807) is 6.07 Å². The average molecular weight is 432 g/mol. The zero-order valence-corrected chi connectivity index (χ0v) is 17.4. The Bertz CT molecular complexity index is 874. The molecule has 2 aromatic carbocycles. The first-order chi connectivity index (χ1) is 14.9. The van der Waals surface area contributed by atoms with E-state index in [1.807, 2.05) is 28.0 Å². The van der Waals surface area contributed by atoms with E-state index in [0.29, 0.717) is 51.5 Å². The second-order valence-corrected chi connectivity index (χ2v) is 8.01. The van der Waals surface area contributed by atoms with Crippen LogP contribution in [0.3, 0.4) is 0 Å². The molecule has 5 nitrogen and oxygen atoms in total. The van der Waals surface area contributed by atoms with Gasteiger partial charge in [0.1, 0.15) is 0 Å². The Labute approximate surface area is 180 Å². The van der Waals surface area contributed by atoms with Crippen LogP contribution in [0.15, 0.2) is 54.6 Å². The number of amides is 1. The molecular weight excluding hydrogens is 405 g/mol. The Morgan fingerprint density at radius 2 is 1.32 bits per heavy atom. The van der Waals surface area contributed by atoms with Crippen LogP contribution in [0.2, 0.25) is 0 Å². The summed E-state index contributed by atoms with van der Waals surface area (Å²) in [6.07, 6.45) is -4.34. The van der Waals surface area contributed by atoms with Gasteiger partial charge in [-0.1, -0.05) is 24.3 Å². The zero-order chi connectivity index (χ0) is 21.8. The monoisotopic (exact) mass is 432 g/mol. The molecule has 8 heteroatoms. The second-order valence-electron chi connectivity index (χ2n) is 8.01. The van der Waals surface area contributed by atoms with Crippen LogP contribution >= 0.6 is 0 Å². The normalized spacial score (nSPS) is 18.4. The van der Waals surface area contributed by atoms with Crippen LogP contribution in [0, 0.1) is 0 Å². The van der Waals surface area contributed by atoms with Crippen LogP contribution in [-0.4, -0.2) is 74.6 Å². The summed E-state index contributed by atoms with van der Waals surface area (Å²) in [5.41, 5.74) is 1.13. The van der Waals surface area contributed by atoms with Crippen molar-refractivity contribution >= 4 is 17.3 Å². The van der Waals surface area contributed by atoms with Crippen molar-refractivity contribution in [3.63, 3.8) is 0 Å². The molecule has 0 bridgehead atoms. The van der Waals surface area contributed by atoms with Gasteiger partial charge in [-0.15, -0.1) is 0 Å². The highest BCUT2D eigenvalue weighted by atomic mass is 19.4. The van der Waals surface area contributed by atoms with Gasteiger partial charge < -0.3 is 14.7 Å². The molecule has 0 radical (unpaired) electrons. The van der Waals surface area contributed by atoms with E-state index in [1.165, 1.54) is 17.8 Å². The van der Waals surface area contributed by atoms with Crippen molar-refractivity contribution in [2.75, 3.05) is 68.7 Å². The molecule has 166 valence electrons. The fourth-order valence-corrected chi connectivity index (χ4v) is 4.19. The van der Waals surface area contributed by atoms with Crippen molar-refractivity contribution < 1.29 is 18.0 Å².